The lowest BCUT2D eigenvalue weighted by Crippen LogP contribution is -2.25. The van der Waals surface area contributed by atoms with Gasteiger partial charge in [0, 0.05) is 0 Å². The van der Waals surface area contributed by atoms with Crippen LogP contribution in [0.4, 0.5) is 0 Å². The van der Waals surface area contributed by atoms with Gasteiger partial charge < -0.3 is 4.74 Å². The summed E-state index contributed by atoms with van der Waals surface area (Å²) >= 11 is 5.60. The van der Waals surface area contributed by atoms with Crippen molar-refractivity contribution in [1.82, 2.24) is 0 Å². The number of carbonyl (C=O) groups is 1. The molecule has 2 nitrogen and oxygen atoms in total. The minimum absolute atomic E-state index is 0.0652. The molecule has 0 spiro atoms. The van der Waals surface area contributed by atoms with E-state index in [-0.39, 0.29) is 10.8 Å². The summed E-state index contributed by atoms with van der Waals surface area (Å²) in [5, 5.41) is -0.447. The normalized spacial score (nSPS) is 13.9. The van der Waals surface area contributed by atoms with Crippen LogP contribution in [-0.2, 0) is 15.6 Å². The van der Waals surface area contributed by atoms with Crippen LogP contribution >= 0.6 is 11.6 Å². The Labute approximate surface area is 133 Å². The zero-order valence-corrected chi connectivity index (χ0v) is 15.0. The van der Waals surface area contributed by atoms with Crippen molar-refractivity contribution in [3.05, 3.63) is 29.3 Å². The quantitative estimate of drug-likeness (QED) is 0.714. The van der Waals surface area contributed by atoms with Gasteiger partial charge in [-0.1, -0.05) is 60.6 Å². The minimum atomic E-state index is -0.590. The van der Waals surface area contributed by atoms with Crippen LogP contribution in [0.25, 0.3) is 0 Å². The zero-order valence-electron chi connectivity index (χ0n) is 14.2. The molecule has 0 bridgehead atoms. The lowest BCUT2D eigenvalue weighted by Gasteiger charge is -2.28. The van der Waals surface area contributed by atoms with Gasteiger partial charge in [-0.05, 0) is 46.0 Å². The van der Waals surface area contributed by atoms with Gasteiger partial charge in [-0.3, -0.25) is 4.79 Å². The fourth-order valence-electron chi connectivity index (χ4n) is 2.13. The van der Waals surface area contributed by atoms with E-state index < -0.39 is 11.3 Å². The molecule has 21 heavy (non-hydrogen) atoms. The molecule has 1 rings (SSSR count). The van der Waals surface area contributed by atoms with Crippen LogP contribution in [0.3, 0.4) is 0 Å². The summed E-state index contributed by atoms with van der Waals surface area (Å²) in [4.78, 5) is 11.4. The van der Waals surface area contributed by atoms with Crippen molar-refractivity contribution in [2.75, 3.05) is 0 Å². The third-order valence-corrected chi connectivity index (χ3v) is 3.79. The average Bonchev–Trinajstić information content (AvgIpc) is 2.33. The Kier molecular flexibility index (Phi) is 5.49. The van der Waals surface area contributed by atoms with E-state index in [0.717, 1.165) is 11.3 Å². The largest absolute Gasteiger partial charge is 0.481 e. The van der Waals surface area contributed by atoms with Crippen molar-refractivity contribution in [3.63, 3.8) is 0 Å². The number of ether oxygens (including phenoxy) is 1. The van der Waals surface area contributed by atoms with Crippen molar-refractivity contribution in [2.24, 2.45) is 0 Å². The minimum Gasteiger partial charge on any atom is -0.481 e. The molecule has 0 amide bonds. The van der Waals surface area contributed by atoms with Gasteiger partial charge >= 0.3 is 0 Å². The van der Waals surface area contributed by atoms with Crippen LogP contribution < -0.4 is 4.74 Å². The van der Waals surface area contributed by atoms with Gasteiger partial charge in [0.1, 0.15) is 5.75 Å². The van der Waals surface area contributed by atoms with Gasteiger partial charge in [0.15, 0.2) is 6.10 Å². The molecule has 118 valence electrons. The summed E-state index contributed by atoms with van der Waals surface area (Å²) < 4.78 is 5.87. The fraction of sp³-hybridized carbons (Fsp3) is 0.611. The highest BCUT2D eigenvalue weighted by molar-refractivity contribution is 6.64. The molecule has 0 saturated carbocycles. The van der Waals surface area contributed by atoms with E-state index in [1.165, 1.54) is 5.56 Å². The first-order valence-corrected chi connectivity index (χ1v) is 7.85. The monoisotopic (exact) mass is 310 g/mol. The second-order valence-electron chi connectivity index (χ2n) is 7.53. The number of hydrogen-bond donors (Lipinski definition) is 0. The summed E-state index contributed by atoms with van der Waals surface area (Å²) in [5.74, 6) is 0.747. The molecule has 0 aliphatic carbocycles. The van der Waals surface area contributed by atoms with Gasteiger partial charge in [-0.25, -0.2) is 0 Å². The van der Waals surface area contributed by atoms with E-state index in [1.54, 1.807) is 0 Å². The van der Waals surface area contributed by atoms with Crippen LogP contribution in [0, 0.1) is 0 Å². The molecule has 1 aromatic rings. The van der Waals surface area contributed by atoms with Gasteiger partial charge in [-0.2, -0.15) is 0 Å². The van der Waals surface area contributed by atoms with Gasteiger partial charge in [-0.15, -0.1) is 0 Å². The summed E-state index contributed by atoms with van der Waals surface area (Å²) in [7, 11) is 0. The molecule has 1 aromatic carbocycles. The first-order chi connectivity index (χ1) is 9.46. The van der Waals surface area contributed by atoms with Crippen LogP contribution in [0.1, 0.15) is 66.0 Å². The molecular weight excluding hydrogens is 284 g/mol. The number of carbonyl (C=O) groups excluding carboxylic acids is 1. The maximum atomic E-state index is 11.4. The second-order valence-corrected chi connectivity index (χ2v) is 7.90. The van der Waals surface area contributed by atoms with Crippen molar-refractivity contribution in [2.45, 2.75) is 71.8 Å². The van der Waals surface area contributed by atoms with E-state index in [2.05, 4.69) is 53.7 Å². The Morgan fingerprint density at radius 2 is 1.71 bits per heavy atom. The van der Waals surface area contributed by atoms with Crippen molar-refractivity contribution < 1.29 is 9.53 Å². The average molecular weight is 311 g/mol. The molecule has 3 heteroatoms. The summed E-state index contributed by atoms with van der Waals surface area (Å²) in [6, 6.07) is 6.21. The molecule has 0 aliphatic heterocycles. The molecule has 0 radical (unpaired) electrons. The van der Waals surface area contributed by atoms with Crippen LogP contribution in [0.5, 0.6) is 5.75 Å². The molecule has 0 aromatic heterocycles. The van der Waals surface area contributed by atoms with Crippen LogP contribution in [0.2, 0.25) is 0 Å². The predicted molar refractivity (Wildman–Crippen MR) is 89.4 cm³/mol. The van der Waals surface area contributed by atoms with E-state index in [4.69, 9.17) is 16.3 Å². The summed E-state index contributed by atoms with van der Waals surface area (Å²) in [6.45, 7) is 14.9. The molecule has 1 atom stereocenters. The zero-order chi connectivity index (χ0) is 16.4. The smallest absolute Gasteiger partial charge is 0.262 e. The molecule has 0 heterocycles. The Morgan fingerprint density at radius 3 is 2.10 bits per heavy atom. The fourth-order valence-corrected chi connectivity index (χ4v) is 2.33. The number of halogens is 1. The lowest BCUT2D eigenvalue weighted by molar-refractivity contribution is -0.118. The third-order valence-electron chi connectivity index (χ3n) is 3.55. The summed E-state index contributed by atoms with van der Waals surface area (Å²) in [5.41, 5.74) is 2.37. The van der Waals surface area contributed by atoms with E-state index in [1.807, 2.05) is 13.0 Å². The Balaban J connectivity index is 3.30. The number of hydrogen-bond acceptors (Lipinski definition) is 2. The maximum Gasteiger partial charge on any atom is 0.262 e. The predicted octanol–water partition coefficient (Wildman–Crippen LogP) is 5.20. The third kappa shape index (κ3) is 4.74. The highest BCUT2D eigenvalue weighted by Crippen LogP contribution is 2.36. The molecule has 0 aliphatic rings. The van der Waals surface area contributed by atoms with E-state index in [9.17, 15) is 4.79 Å². The second kappa shape index (κ2) is 6.39. The molecule has 0 N–H and O–H groups in total. The van der Waals surface area contributed by atoms with E-state index >= 15 is 0 Å². The Bertz CT molecular complexity index is 507. The topological polar surface area (TPSA) is 26.3 Å². The highest BCUT2D eigenvalue weighted by Gasteiger charge is 2.25. The first kappa shape index (κ1) is 18.0. The van der Waals surface area contributed by atoms with Crippen LogP contribution in [0.15, 0.2) is 18.2 Å². The molecular formula is C18H27ClO2. The van der Waals surface area contributed by atoms with Gasteiger partial charge in [0.25, 0.3) is 5.24 Å². The summed E-state index contributed by atoms with van der Waals surface area (Å²) in [6.07, 6.45) is -0.0271. The molecule has 1 unspecified atom stereocenters. The lowest BCUT2D eigenvalue weighted by atomic mass is 9.80. The Hall–Kier alpha value is -1.02. The molecule has 0 fully saturated rings. The van der Waals surface area contributed by atoms with Crippen molar-refractivity contribution in [1.29, 1.82) is 0 Å². The van der Waals surface area contributed by atoms with E-state index in [0.29, 0.717) is 6.42 Å². The van der Waals surface area contributed by atoms with Gasteiger partial charge in [0.2, 0.25) is 0 Å². The van der Waals surface area contributed by atoms with Crippen molar-refractivity contribution in [3.8, 4) is 5.75 Å². The van der Waals surface area contributed by atoms with Crippen molar-refractivity contribution >= 4 is 16.8 Å². The first-order valence-electron chi connectivity index (χ1n) is 7.47. The van der Waals surface area contributed by atoms with Gasteiger partial charge in [0.05, 0.1) is 0 Å². The standard InChI is InChI=1S/C18H27ClO2/c1-8-14(16(19)20)21-15-10-9-12(17(2,3)4)11-13(15)18(5,6)7/h9-11,14H,8H2,1-7H3. The highest BCUT2D eigenvalue weighted by atomic mass is 35.5. The SMILES string of the molecule is CCC(Oc1ccc(C(C)(C)C)cc1C(C)(C)C)C(=O)Cl. The molecule has 0 saturated heterocycles. The number of benzene rings is 1. The van der Waals surface area contributed by atoms with Crippen LogP contribution in [-0.4, -0.2) is 11.3 Å². The number of rotatable bonds is 4. The maximum absolute atomic E-state index is 11.4. The Morgan fingerprint density at radius 1 is 1.14 bits per heavy atom.